The Bertz CT molecular complexity index is 1370. The number of hydrogen-bond acceptors (Lipinski definition) is 7. The number of carbonyl (C=O) groups is 1. The minimum atomic E-state index is -0.504. The van der Waals surface area contributed by atoms with Crippen molar-refractivity contribution < 1.29 is 19.0 Å². The highest BCUT2D eigenvalue weighted by Crippen LogP contribution is 2.35. The number of aromatic nitrogens is 4. The topological polar surface area (TPSA) is 107 Å². The van der Waals surface area contributed by atoms with E-state index in [0.717, 1.165) is 55.7 Å². The van der Waals surface area contributed by atoms with Gasteiger partial charge < -0.3 is 19.1 Å². The van der Waals surface area contributed by atoms with E-state index in [-0.39, 0.29) is 18.2 Å². The summed E-state index contributed by atoms with van der Waals surface area (Å²) in [5.41, 5.74) is 3.63. The fraction of sp³-hybridized carbons (Fsp3) is 0.586. The van der Waals surface area contributed by atoms with Crippen LogP contribution in [0.15, 0.2) is 24.7 Å². The molecule has 10 heteroatoms. The predicted octanol–water partition coefficient (Wildman–Crippen LogP) is 5.14. The molecule has 0 bridgehead atoms. The van der Waals surface area contributed by atoms with Gasteiger partial charge in [-0.2, -0.15) is 15.5 Å². The molecule has 5 heterocycles. The van der Waals surface area contributed by atoms with Gasteiger partial charge in [0.25, 0.3) is 0 Å². The number of piperidine rings is 1. The van der Waals surface area contributed by atoms with Gasteiger partial charge in [-0.1, -0.05) is 0 Å². The van der Waals surface area contributed by atoms with Crippen molar-refractivity contribution in [2.75, 3.05) is 26.3 Å². The summed E-state index contributed by atoms with van der Waals surface area (Å²) >= 11 is 0. The summed E-state index contributed by atoms with van der Waals surface area (Å²) in [4.78, 5) is 14.3. The Morgan fingerprint density at radius 2 is 1.87 bits per heavy atom. The average molecular weight is 535 g/mol. The first kappa shape index (κ1) is 27.0. The van der Waals surface area contributed by atoms with E-state index in [1.165, 1.54) is 0 Å². The third kappa shape index (κ3) is 5.74. The summed E-state index contributed by atoms with van der Waals surface area (Å²) in [6.45, 7) is 12.6. The molecule has 3 aromatic heterocycles. The van der Waals surface area contributed by atoms with Crippen LogP contribution in [0.2, 0.25) is 0 Å². The molecule has 0 aromatic carbocycles. The maximum Gasteiger partial charge on any atom is 0.410 e. The molecule has 2 aliphatic rings. The first-order valence-corrected chi connectivity index (χ1v) is 13.8. The van der Waals surface area contributed by atoms with Crippen LogP contribution in [0, 0.1) is 24.2 Å². The summed E-state index contributed by atoms with van der Waals surface area (Å²) in [6.07, 6.45) is 8.65. The SMILES string of the molecule is Cc1c(-c2cc(O[C@H](C)C3CCOCC3)c3c(C#N)cnn3c2)cnn1C1CCN(C(=O)OC(C)(C)C)CC1. The number of pyridine rings is 1. The van der Waals surface area contributed by atoms with Crippen molar-refractivity contribution in [3.63, 3.8) is 0 Å². The number of rotatable bonds is 5. The van der Waals surface area contributed by atoms with Crippen LogP contribution in [0.1, 0.15) is 70.7 Å². The van der Waals surface area contributed by atoms with Crippen molar-refractivity contribution in [1.29, 1.82) is 5.26 Å². The van der Waals surface area contributed by atoms with Gasteiger partial charge in [0.15, 0.2) is 0 Å². The molecule has 0 radical (unpaired) electrons. The third-order valence-electron chi connectivity index (χ3n) is 7.76. The van der Waals surface area contributed by atoms with E-state index in [0.29, 0.717) is 35.8 Å². The second-order valence-electron chi connectivity index (χ2n) is 11.6. The van der Waals surface area contributed by atoms with E-state index in [9.17, 15) is 10.1 Å². The number of ether oxygens (including phenoxy) is 3. The van der Waals surface area contributed by atoms with Gasteiger partial charge in [0.1, 0.15) is 28.5 Å². The molecule has 10 nitrogen and oxygen atoms in total. The van der Waals surface area contributed by atoms with Crippen molar-refractivity contribution in [2.45, 2.75) is 78.0 Å². The van der Waals surface area contributed by atoms with Gasteiger partial charge in [0.2, 0.25) is 0 Å². The summed E-state index contributed by atoms with van der Waals surface area (Å²) in [7, 11) is 0. The molecule has 1 amide bonds. The maximum atomic E-state index is 12.5. The van der Waals surface area contributed by atoms with Crippen molar-refractivity contribution >= 4 is 11.6 Å². The highest BCUT2D eigenvalue weighted by Gasteiger charge is 2.29. The van der Waals surface area contributed by atoms with Crippen LogP contribution >= 0.6 is 0 Å². The van der Waals surface area contributed by atoms with Crippen LogP contribution in [0.25, 0.3) is 16.6 Å². The number of likely N-dealkylation sites (tertiary alicyclic amines) is 1. The lowest BCUT2D eigenvalue weighted by Crippen LogP contribution is -2.42. The van der Waals surface area contributed by atoms with Gasteiger partial charge >= 0.3 is 6.09 Å². The van der Waals surface area contributed by atoms with Gasteiger partial charge in [-0.3, -0.25) is 4.68 Å². The minimum Gasteiger partial charge on any atom is -0.488 e. The third-order valence-corrected chi connectivity index (χ3v) is 7.76. The van der Waals surface area contributed by atoms with Gasteiger partial charge in [-0.15, -0.1) is 0 Å². The van der Waals surface area contributed by atoms with E-state index < -0.39 is 5.60 Å². The van der Waals surface area contributed by atoms with Gasteiger partial charge in [0.05, 0.1) is 24.5 Å². The zero-order chi connectivity index (χ0) is 27.7. The molecule has 0 aliphatic carbocycles. The molecule has 5 rings (SSSR count). The lowest BCUT2D eigenvalue weighted by molar-refractivity contribution is 0.0184. The Hall–Kier alpha value is -3.58. The second kappa shape index (κ2) is 10.9. The number of carbonyl (C=O) groups excluding carboxylic acids is 1. The highest BCUT2D eigenvalue weighted by molar-refractivity contribution is 5.76. The normalized spacial score (nSPS) is 18.2. The van der Waals surface area contributed by atoms with Crippen LogP contribution in [-0.4, -0.2) is 68.4 Å². The first-order chi connectivity index (χ1) is 18.6. The number of nitrogens with zero attached hydrogens (tertiary/aromatic N) is 6. The van der Waals surface area contributed by atoms with Crippen molar-refractivity contribution in [2.24, 2.45) is 5.92 Å². The molecule has 3 aromatic rings. The monoisotopic (exact) mass is 534 g/mol. The largest absolute Gasteiger partial charge is 0.488 e. The fourth-order valence-electron chi connectivity index (χ4n) is 5.58. The van der Waals surface area contributed by atoms with Crippen LogP contribution < -0.4 is 4.74 Å². The summed E-state index contributed by atoms with van der Waals surface area (Å²) in [6, 6.07) is 4.45. The van der Waals surface area contributed by atoms with E-state index in [1.54, 1.807) is 15.6 Å². The molecule has 208 valence electrons. The smallest absolute Gasteiger partial charge is 0.410 e. The fourth-order valence-corrected chi connectivity index (χ4v) is 5.58. The molecule has 0 N–H and O–H groups in total. The summed E-state index contributed by atoms with van der Waals surface area (Å²) in [5, 5.41) is 18.9. The molecule has 0 spiro atoms. The molecule has 39 heavy (non-hydrogen) atoms. The van der Waals surface area contributed by atoms with Crippen LogP contribution in [0.4, 0.5) is 4.79 Å². The number of amides is 1. The highest BCUT2D eigenvalue weighted by atomic mass is 16.6. The summed E-state index contributed by atoms with van der Waals surface area (Å²) < 4.78 is 21.4. The van der Waals surface area contributed by atoms with Crippen molar-refractivity contribution in [1.82, 2.24) is 24.3 Å². The Labute approximate surface area is 229 Å². The second-order valence-corrected chi connectivity index (χ2v) is 11.6. The summed E-state index contributed by atoms with van der Waals surface area (Å²) in [5.74, 6) is 1.05. The lowest BCUT2D eigenvalue weighted by atomic mass is 9.95. The molecule has 2 aliphatic heterocycles. The van der Waals surface area contributed by atoms with Crippen molar-refractivity contribution in [3.8, 4) is 22.9 Å². The first-order valence-electron chi connectivity index (χ1n) is 13.8. The Kier molecular flexibility index (Phi) is 7.54. The molecule has 1 atom stereocenters. The minimum absolute atomic E-state index is 0.0200. The molecule has 0 saturated carbocycles. The molecule has 0 unspecified atom stereocenters. The Balaban J connectivity index is 1.38. The Morgan fingerprint density at radius 1 is 1.15 bits per heavy atom. The number of fused-ring (bicyclic) bond motifs is 1. The van der Waals surface area contributed by atoms with E-state index in [1.807, 2.05) is 39.2 Å². The van der Waals surface area contributed by atoms with Crippen molar-refractivity contribution in [3.05, 3.63) is 35.9 Å². The van der Waals surface area contributed by atoms with Crippen LogP contribution in [0.3, 0.4) is 0 Å². The quantitative estimate of drug-likeness (QED) is 0.446. The average Bonchev–Trinajstić information content (AvgIpc) is 3.51. The molecule has 2 fully saturated rings. The van der Waals surface area contributed by atoms with E-state index >= 15 is 0 Å². The van der Waals surface area contributed by atoms with Gasteiger partial charge in [-0.05, 0) is 72.3 Å². The zero-order valence-corrected chi connectivity index (χ0v) is 23.5. The van der Waals surface area contributed by atoms with E-state index in [2.05, 4.69) is 29.7 Å². The van der Waals surface area contributed by atoms with Crippen LogP contribution in [0.5, 0.6) is 5.75 Å². The number of nitriles is 1. The molecular formula is C29H38N6O4. The molecule has 2 saturated heterocycles. The van der Waals surface area contributed by atoms with Crippen LogP contribution in [-0.2, 0) is 9.47 Å². The van der Waals surface area contributed by atoms with Gasteiger partial charge in [0, 0.05) is 49.3 Å². The maximum absolute atomic E-state index is 12.5. The Morgan fingerprint density at radius 3 is 2.54 bits per heavy atom. The lowest BCUT2D eigenvalue weighted by Gasteiger charge is -2.34. The zero-order valence-electron chi connectivity index (χ0n) is 23.5. The van der Waals surface area contributed by atoms with Gasteiger partial charge in [-0.25, -0.2) is 9.31 Å². The number of hydrogen-bond donors (Lipinski definition) is 0. The van der Waals surface area contributed by atoms with E-state index in [4.69, 9.17) is 19.3 Å². The molecular weight excluding hydrogens is 496 g/mol. The standard InChI is InChI=1S/C29H38N6O4/c1-19-25(17-32-35(19)24-6-10-33(11-7-24)28(36)39-29(3,4)5)22-14-26(27-23(15-30)16-31-34(27)18-22)38-20(2)21-8-12-37-13-9-21/h14,16-18,20-21,24H,6-13H2,1-5H3/t20-/m1/s1. The predicted molar refractivity (Wildman–Crippen MR) is 146 cm³/mol.